The van der Waals surface area contributed by atoms with Crippen LogP contribution in [0.2, 0.25) is 10.0 Å². The number of rotatable bonds is 6. The number of fused-ring (bicyclic) bond motifs is 1. The van der Waals surface area contributed by atoms with Gasteiger partial charge >= 0.3 is 29.6 Å². The van der Waals surface area contributed by atoms with Crippen LogP contribution in [-0.4, -0.2) is 24.5 Å². The van der Waals surface area contributed by atoms with Crippen molar-refractivity contribution in [3.63, 3.8) is 0 Å². The number of halogens is 2. The first kappa shape index (κ1) is 27.8. The molecule has 0 bridgehead atoms. The number of amides is 1. The minimum Gasteiger partial charge on any atom is -0.549 e. The first-order valence-electron chi connectivity index (χ1n) is 11.9. The molecule has 0 aromatic heterocycles. The van der Waals surface area contributed by atoms with Gasteiger partial charge in [-0.3, -0.25) is 4.79 Å². The van der Waals surface area contributed by atoms with E-state index in [0.29, 0.717) is 40.7 Å². The summed E-state index contributed by atoms with van der Waals surface area (Å²) in [4.78, 5) is 24.2. The van der Waals surface area contributed by atoms with E-state index >= 15 is 0 Å². The number of benzene rings is 3. The number of hydrogen-bond donors (Lipinski definition) is 1. The summed E-state index contributed by atoms with van der Waals surface area (Å²) in [6, 6.07) is 18.0. The zero-order valence-corrected chi connectivity index (χ0v) is 23.9. The van der Waals surface area contributed by atoms with Gasteiger partial charge in [-0.05, 0) is 79.6 Å². The zero-order valence-electron chi connectivity index (χ0n) is 20.3. The van der Waals surface area contributed by atoms with E-state index < -0.39 is 11.9 Å². The Hall–Kier alpha value is -2.22. The maximum atomic E-state index is 12.8. The van der Waals surface area contributed by atoms with Crippen LogP contribution in [0.1, 0.15) is 59.0 Å². The first-order valence-corrected chi connectivity index (χ1v) is 12.6. The van der Waals surface area contributed by atoms with Gasteiger partial charge in [-0.1, -0.05) is 35.3 Å². The number of hydrogen-bond acceptors (Lipinski definition) is 5. The smallest absolute Gasteiger partial charge is 0.549 e. The van der Waals surface area contributed by atoms with Gasteiger partial charge in [0.25, 0.3) is 5.91 Å². The normalized spacial score (nSPS) is 20.2. The van der Waals surface area contributed by atoms with Crippen LogP contribution in [-0.2, 0) is 4.79 Å². The second-order valence-corrected chi connectivity index (χ2v) is 10.0. The van der Waals surface area contributed by atoms with Crippen LogP contribution in [0.15, 0.2) is 60.7 Å². The molecule has 0 saturated heterocycles. The molecular formula is C28H24Cl2NNaO5. The molecule has 3 unspecified atom stereocenters. The second-order valence-electron chi connectivity index (χ2n) is 9.19. The molecule has 37 heavy (non-hydrogen) atoms. The Morgan fingerprint density at radius 3 is 2.41 bits per heavy atom. The number of ether oxygens (including phenoxy) is 2. The summed E-state index contributed by atoms with van der Waals surface area (Å²) in [7, 11) is 0. The Balaban J connectivity index is 0.00000320. The van der Waals surface area contributed by atoms with E-state index in [4.69, 9.17) is 32.7 Å². The average molecular weight is 548 g/mol. The van der Waals surface area contributed by atoms with E-state index in [1.165, 1.54) is 5.56 Å². The molecule has 1 fully saturated rings. The number of nitrogens with one attached hydrogen (secondary N) is 1. The molecule has 1 N–H and O–H groups in total. The van der Waals surface area contributed by atoms with Gasteiger partial charge in [0.05, 0.1) is 11.6 Å². The molecule has 1 amide bonds. The summed E-state index contributed by atoms with van der Waals surface area (Å²) >= 11 is 12.3. The van der Waals surface area contributed by atoms with Crippen LogP contribution in [0.4, 0.5) is 0 Å². The molecular weight excluding hydrogens is 524 g/mol. The predicted molar refractivity (Wildman–Crippen MR) is 135 cm³/mol. The number of carbonyl (C=O) groups is 2. The van der Waals surface area contributed by atoms with Crippen molar-refractivity contribution in [3.8, 4) is 17.2 Å². The Labute approximate surface area is 247 Å². The molecule has 3 aromatic carbocycles. The van der Waals surface area contributed by atoms with Crippen molar-refractivity contribution in [1.29, 1.82) is 0 Å². The molecule has 1 saturated carbocycles. The molecule has 9 heteroatoms. The van der Waals surface area contributed by atoms with Crippen molar-refractivity contribution in [2.24, 2.45) is 0 Å². The SMILES string of the molecule is O=C(NC1CCC(c2ccc(Cl)cc2)C1)c1ccc(Oc2cc3c(cc2Cl)C(C(=O)[O-])CCO3)cc1.[Na+]. The number of carbonyl (C=O) groups excluding carboxylic acids is 2. The van der Waals surface area contributed by atoms with Gasteiger partial charge in [0.1, 0.15) is 17.2 Å². The fourth-order valence-electron chi connectivity index (χ4n) is 4.93. The van der Waals surface area contributed by atoms with Gasteiger partial charge < -0.3 is 24.7 Å². The largest absolute Gasteiger partial charge is 1.00 e. The minimum atomic E-state index is -1.16. The van der Waals surface area contributed by atoms with E-state index in [-0.39, 0.29) is 53.1 Å². The topological polar surface area (TPSA) is 87.7 Å². The van der Waals surface area contributed by atoms with Crippen LogP contribution >= 0.6 is 23.2 Å². The maximum Gasteiger partial charge on any atom is 1.00 e. The fraction of sp³-hybridized carbons (Fsp3) is 0.286. The van der Waals surface area contributed by atoms with E-state index in [0.717, 1.165) is 24.3 Å². The predicted octanol–water partition coefficient (Wildman–Crippen LogP) is 2.47. The zero-order chi connectivity index (χ0) is 25.2. The van der Waals surface area contributed by atoms with E-state index in [1.54, 1.807) is 36.4 Å². The first-order chi connectivity index (χ1) is 17.4. The molecule has 3 atom stereocenters. The van der Waals surface area contributed by atoms with Crippen molar-refractivity contribution in [2.45, 2.75) is 43.6 Å². The van der Waals surface area contributed by atoms with Crippen molar-refractivity contribution < 1.29 is 53.7 Å². The molecule has 1 heterocycles. The molecule has 3 aromatic rings. The summed E-state index contributed by atoms with van der Waals surface area (Å²) < 4.78 is 11.5. The standard InChI is InChI=1S/C28H25Cl2NO5.Na/c29-19-6-1-16(2-7-19)18-3-8-20(13-18)31-27(32)17-4-9-21(10-5-17)36-26-15-25-23(14-24(26)30)22(28(33)34)11-12-35-25;/h1-2,4-7,9-10,14-15,18,20,22H,3,8,11-13H2,(H,31,32)(H,33,34);/q;+1/p-1. The number of carboxylic acid groups (broad SMARTS) is 1. The van der Waals surface area contributed by atoms with E-state index in [9.17, 15) is 14.7 Å². The molecule has 0 radical (unpaired) electrons. The fourth-order valence-corrected chi connectivity index (χ4v) is 5.27. The molecule has 186 valence electrons. The van der Waals surface area contributed by atoms with Gasteiger partial charge in [0.2, 0.25) is 0 Å². The molecule has 6 nitrogen and oxygen atoms in total. The number of carboxylic acids is 1. The van der Waals surface area contributed by atoms with Crippen molar-refractivity contribution >= 4 is 35.1 Å². The molecule has 1 aliphatic carbocycles. The van der Waals surface area contributed by atoms with E-state index in [2.05, 4.69) is 17.4 Å². The van der Waals surface area contributed by atoms with Crippen molar-refractivity contribution in [2.75, 3.05) is 6.61 Å². The Morgan fingerprint density at radius 2 is 1.70 bits per heavy atom. The van der Waals surface area contributed by atoms with Crippen LogP contribution in [0.3, 0.4) is 0 Å². The molecule has 0 spiro atoms. The summed E-state index contributed by atoms with van der Waals surface area (Å²) in [5, 5.41) is 15.5. The minimum absolute atomic E-state index is 0. The van der Waals surface area contributed by atoms with Crippen molar-refractivity contribution in [1.82, 2.24) is 5.32 Å². The average Bonchev–Trinajstić information content (AvgIpc) is 3.33. The summed E-state index contributed by atoms with van der Waals surface area (Å²) in [5.74, 6) is -0.391. The quantitative estimate of drug-likeness (QED) is 0.479. The summed E-state index contributed by atoms with van der Waals surface area (Å²) in [6.07, 6.45) is 3.18. The monoisotopic (exact) mass is 547 g/mol. The third-order valence-corrected chi connectivity index (χ3v) is 7.39. The summed E-state index contributed by atoms with van der Waals surface area (Å²) in [5.41, 5.74) is 2.27. The van der Waals surface area contributed by atoms with Gasteiger partial charge in [-0.2, -0.15) is 0 Å². The Morgan fingerprint density at radius 1 is 0.973 bits per heavy atom. The molecule has 2 aliphatic rings. The Kier molecular flexibility index (Phi) is 9.09. The number of aliphatic carboxylic acids is 1. The maximum absolute atomic E-state index is 12.8. The van der Waals surface area contributed by atoms with Crippen LogP contribution < -0.4 is 49.5 Å². The molecule has 5 rings (SSSR count). The second kappa shape index (κ2) is 12.1. The Bertz CT molecular complexity index is 1280. The van der Waals surface area contributed by atoms with E-state index in [1.807, 2.05) is 12.1 Å². The molecule has 1 aliphatic heterocycles. The van der Waals surface area contributed by atoms with Gasteiger partial charge in [-0.25, -0.2) is 0 Å². The van der Waals surface area contributed by atoms with Crippen LogP contribution in [0, 0.1) is 0 Å². The van der Waals surface area contributed by atoms with Crippen LogP contribution in [0.25, 0.3) is 0 Å². The third kappa shape index (κ3) is 6.44. The van der Waals surface area contributed by atoms with Crippen molar-refractivity contribution in [3.05, 3.63) is 87.4 Å². The summed E-state index contributed by atoms with van der Waals surface area (Å²) in [6.45, 7) is 0.276. The van der Waals surface area contributed by atoms with Crippen LogP contribution in [0.5, 0.6) is 17.2 Å². The van der Waals surface area contributed by atoms with Gasteiger partial charge in [0, 0.05) is 40.1 Å². The van der Waals surface area contributed by atoms with Gasteiger partial charge in [-0.15, -0.1) is 0 Å². The van der Waals surface area contributed by atoms with Gasteiger partial charge in [0.15, 0.2) is 0 Å². The third-order valence-electron chi connectivity index (χ3n) is 6.84.